The van der Waals surface area contributed by atoms with E-state index in [0.29, 0.717) is 5.56 Å². The minimum atomic E-state index is -1.57. The molecular weight excluding hydrogens is 269 g/mol. The lowest BCUT2D eigenvalue weighted by atomic mass is 10.2. The smallest absolute Gasteiger partial charge is 0.261 e. The average molecular weight is 276 g/mol. The van der Waals surface area contributed by atoms with Gasteiger partial charge in [-0.1, -0.05) is 35.5 Å². The van der Waals surface area contributed by atoms with Gasteiger partial charge in [-0.25, -0.2) is 13.2 Å². The maximum absolute atomic E-state index is 13.6. The predicted octanol–water partition coefficient (Wildman–Crippen LogP) is 3.82. The van der Waals surface area contributed by atoms with Gasteiger partial charge in [0.25, 0.3) is 5.89 Å². The van der Waals surface area contributed by atoms with Gasteiger partial charge in [0.05, 0.1) is 5.56 Å². The molecule has 0 bridgehead atoms. The molecule has 20 heavy (non-hydrogen) atoms. The van der Waals surface area contributed by atoms with E-state index < -0.39 is 17.5 Å². The van der Waals surface area contributed by atoms with Crippen molar-refractivity contribution in [3.05, 3.63) is 59.9 Å². The van der Waals surface area contributed by atoms with E-state index in [1.165, 1.54) is 0 Å². The Morgan fingerprint density at radius 2 is 1.60 bits per heavy atom. The Balaban J connectivity index is 2.05. The van der Waals surface area contributed by atoms with Crippen LogP contribution in [-0.4, -0.2) is 10.1 Å². The van der Waals surface area contributed by atoms with Crippen molar-refractivity contribution in [1.82, 2.24) is 10.1 Å². The molecular formula is C14H7F3N2O. The van der Waals surface area contributed by atoms with Crippen molar-refractivity contribution in [3.8, 4) is 22.8 Å². The summed E-state index contributed by atoms with van der Waals surface area (Å²) in [6, 6.07) is 10.7. The van der Waals surface area contributed by atoms with E-state index in [9.17, 15) is 13.2 Å². The van der Waals surface area contributed by atoms with Crippen molar-refractivity contribution in [2.24, 2.45) is 0 Å². The molecule has 1 heterocycles. The van der Waals surface area contributed by atoms with E-state index in [-0.39, 0.29) is 17.3 Å². The molecule has 2 aromatic carbocycles. The van der Waals surface area contributed by atoms with Crippen LogP contribution in [0.2, 0.25) is 0 Å². The Labute approximate surface area is 111 Å². The summed E-state index contributed by atoms with van der Waals surface area (Å²) in [4.78, 5) is 3.98. The summed E-state index contributed by atoms with van der Waals surface area (Å²) >= 11 is 0. The van der Waals surface area contributed by atoms with Crippen LogP contribution in [0.25, 0.3) is 22.8 Å². The van der Waals surface area contributed by atoms with E-state index in [4.69, 9.17) is 4.52 Å². The van der Waals surface area contributed by atoms with Crippen LogP contribution in [0.5, 0.6) is 0 Å². The van der Waals surface area contributed by atoms with Crippen LogP contribution in [0, 0.1) is 17.5 Å². The Hall–Kier alpha value is -2.63. The average Bonchev–Trinajstić information content (AvgIpc) is 2.95. The van der Waals surface area contributed by atoms with Crippen LogP contribution in [0.3, 0.4) is 0 Å². The van der Waals surface area contributed by atoms with Gasteiger partial charge in [-0.05, 0) is 12.1 Å². The molecule has 0 amide bonds. The van der Waals surface area contributed by atoms with Gasteiger partial charge in [-0.15, -0.1) is 0 Å². The fourth-order valence-electron chi connectivity index (χ4n) is 1.73. The number of nitrogens with zero attached hydrogens (tertiary/aromatic N) is 2. The second kappa shape index (κ2) is 4.80. The number of hydrogen-bond donors (Lipinski definition) is 0. The van der Waals surface area contributed by atoms with E-state index in [1.807, 2.05) is 6.07 Å². The molecule has 0 N–H and O–H groups in total. The molecule has 0 saturated carbocycles. The van der Waals surface area contributed by atoms with Crippen LogP contribution in [-0.2, 0) is 0 Å². The van der Waals surface area contributed by atoms with Crippen molar-refractivity contribution in [3.63, 3.8) is 0 Å². The molecule has 3 rings (SSSR count). The molecule has 6 heteroatoms. The second-order valence-corrected chi connectivity index (χ2v) is 4.01. The third kappa shape index (κ3) is 2.05. The highest BCUT2D eigenvalue weighted by molar-refractivity contribution is 5.60. The first-order valence-electron chi connectivity index (χ1n) is 5.70. The molecule has 0 atom stereocenters. The topological polar surface area (TPSA) is 38.9 Å². The SMILES string of the molecule is Fc1ccc(-c2nc(-c3ccccc3)no2)c(F)c1F. The Bertz CT molecular complexity index is 756. The minimum absolute atomic E-state index is 0.208. The predicted molar refractivity (Wildman–Crippen MR) is 65.0 cm³/mol. The first kappa shape index (κ1) is 12.4. The molecule has 100 valence electrons. The summed E-state index contributed by atoms with van der Waals surface area (Å²) in [5.74, 6) is -4.16. The van der Waals surface area contributed by atoms with Crippen LogP contribution < -0.4 is 0 Å². The van der Waals surface area contributed by atoms with Gasteiger partial charge in [0.15, 0.2) is 17.5 Å². The number of benzene rings is 2. The summed E-state index contributed by atoms with van der Waals surface area (Å²) in [5, 5.41) is 3.69. The van der Waals surface area contributed by atoms with Gasteiger partial charge in [-0.3, -0.25) is 0 Å². The van der Waals surface area contributed by atoms with Crippen molar-refractivity contribution in [2.75, 3.05) is 0 Å². The normalized spacial score (nSPS) is 10.8. The number of hydrogen-bond acceptors (Lipinski definition) is 3. The maximum Gasteiger partial charge on any atom is 0.261 e. The minimum Gasteiger partial charge on any atom is -0.334 e. The summed E-state index contributed by atoms with van der Waals surface area (Å²) in [6.07, 6.45) is 0. The van der Waals surface area contributed by atoms with Crippen molar-refractivity contribution in [1.29, 1.82) is 0 Å². The zero-order chi connectivity index (χ0) is 14.1. The van der Waals surface area contributed by atoms with Crippen molar-refractivity contribution in [2.45, 2.75) is 0 Å². The van der Waals surface area contributed by atoms with E-state index in [2.05, 4.69) is 10.1 Å². The summed E-state index contributed by atoms with van der Waals surface area (Å²) in [7, 11) is 0. The largest absolute Gasteiger partial charge is 0.334 e. The lowest BCUT2D eigenvalue weighted by Crippen LogP contribution is -1.94. The van der Waals surface area contributed by atoms with Crippen LogP contribution >= 0.6 is 0 Å². The van der Waals surface area contributed by atoms with Gasteiger partial charge in [-0.2, -0.15) is 4.98 Å². The molecule has 0 aliphatic rings. The first-order valence-corrected chi connectivity index (χ1v) is 5.70. The third-order valence-corrected chi connectivity index (χ3v) is 2.72. The monoisotopic (exact) mass is 276 g/mol. The quantitative estimate of drug-likeness (QED) is 0.668. The van der Waals surface area contributed by atoms with Gasteiger partial charge in [0.1, 0.15) is 0 Å². The summed E-state index contributed by atoms with van der Waals surface area (Å²) in [5.41, 5.74) is 0.393. The highest BCUT2D eigenvalue weighted by atomic mass is 19.2. The van der Waals surface area contributed by atoms with E-state index >= 15 is 0 Å². The molecule has 1 aromatic heterocycles. The molecule has 0 radical (unpaired) electrons. The van der Waals surface area contributed by atoms with Gasteiger partial charge >= 0.3 is 0 Å². The first-order chi connectivity index (χ1) is 9.66. The lowest BCUT2D eigenvalue weighted by Gasteiger charge is -1.99. The molecule has 3 nitrogen and oxygen atoms in total. The summed E-state index contributed by atoms with van der Waals surface area (Å²) in [6.45, 7) is 0. The highest BCUT2D eigenvalue weighted by Gasteiger charge is 2.19. The van der Waals surface area contributed by atoms with Crippen LogP contribution in [0.1, 0.15) is 0 Å². The Morgan fingerprint density at radius 1 is 0.850 bits per heavy atom. The third-order valence-electron chi connectivity index (χ3n) is 2.72. The van der Waals surface area contributed by atoms with E-state index in [0.717, 1.165) is 12.1 Å². The summed E-state index contributed by atoms with van der Waals surface area (Å²) < 4.78 is 44.5. The molecule has 0 aliphatic carbocycles. The van der Waals surface area contributed by atoms with Crippen LogP contribution in [0.15, 0.2) is 47.0 Å². The second-order valence-electron chi connectivity index (χ2n) is 4.01. The standard InChI is InChI=1S/C14H7F3N2O/c15-10-7-6-9(11(16)12(10)17)14-18-13(19-20-14)8-4-2-1-3-5-8/h1-7H. The Morgan fingerprint density at radius 3 is 2.35 bits per heavy atom. The highest BCUT2D eigenvalue weighted by Crippen LogP contribution is 2.26. The number of rotatable bonds is 2. The molecule has 0 unspecified atom stereocenters. The zero-order valence-electron chi connectivity index (χ0n) is 9.98. The van der Waals surface area contributed by atoms with E-state index in [1.54, 1.807) is 24.3 Å². The molecule has 0 fully saturated rings. The fourth-order valence-corrected chi connectivity index (χ4v) is 1.73. The lowest BCUT2D eigenvalue weighted by molar-refractivity contribution is 0.420. The van der Waals surface area contributed by atoms with Gasteiger partial charge in [0.2, 0.25) is 5.82 Å². The molecule has 0 aliphatic heterocycles. The number of halogens is 3. The van der Waals surface area contributed by atoms with Crippen molar-refractivity contribution < 1.29 is 17.7 Å². The maximum atomic E-state index is 13.6. The van der Waals surface area contributed by atoms with Crippen molar-refractivity contribution >= 4 is 0 Å². The van der Waals surface area contributed by atoms with Crippen LogP contribution in [0.4, 0.5) is 13.2 Å². The zero-order valence-corrected chi connectivity index (χ0v) is 9.98. The number of aromatic nitrogens is 2. The van der Waals surface area contributed by atoms with Gasteiger partial charge in [0, 0.05) is 5.56 Å². The molecule has 0 saturated heterocycles. The van der Waals surface area contributed by atoms with Gasteiger partial charge < -0.3 is 4.52 Å². The Kier molecular flexibility index (Phi) is 2.98. The fraction of sp³-hybridized carbons (Fsp3) is 0. The molecule has 3 aromatic rings. The molecule has 0 spiro atoms.